The van der Waals surface area contributed by atoms with E-state index in [-0.39, 0.29) is 76.8 Å². The van der Waals surface area contributed by atoms with Crippen molar-refractivity contribution in [1.29, 1.82) is 0 Å². The van der Waals surface area contributed by atoms with Crippen molar-refractivity contribution in [1.82, 2.24) is 15.0 Å². The van der Waals surface area contributed by atoms with Gasteiger partial charge in [0.25, 0.3) is 26.1 Å². The number of aliphatic hydroxyl groups is 2. The minimum absolute atomic E-state index is 0.133. The molecule has 0 aliphatic heterocycles. The lowest BCUT2D eigenvalue weighted by molar-refractivity contribution is 0.102. The van der Waals surface area contributed by atoms with Crippen molar-refractivity contribution in [2.24, 2.45) is 10.2 Å². The normalized spacial score (nSPS) is 11.9. The molecule has 21 heteroatoms. The maximum absolute atomic E-state index is 13.1. The molecule has 0 aliphatic carbocycles. The van der Waals surface area contributed by atoms with Gasteiger partial charge in [0, 0.05) is 35.4 Å². The van der Waals surface area contributed by atoms with Crippen LogP contribution < -0.4 is 21.3 Å². The Bertz CT molecular complexity index is 2650. The third-order valence-electron chi connectivity index (χ3n) is 7.77. The Morgan fingerprint density at radius 3 is 1.91 bits per heavy atom. The molecular formula is C34H31N9O10S2. The highest BCUT2D eigenvalue weighted by Crippen LogP contribution is 2.42. The van der Waals surface area contributed by atoms with E-state index in [1.54, 1.807) is 12.1 Å². The van der Waals surface area contributed by atoms with E-state index < -0.39 is 42.5 Å². The zero-order valence-electron chi connectivity index (χ0n) is 28.2. The topological polar surface area (TPSA) is 298 Å². The molecule has 0 unspecified atom stereocenters. The maximum atomic E-state index is 13.1. The van der Waals surface area contributed by atoms with Gasteiger partial charge in [-0.1, -0.05) is 12.1 Å². The van der Waals surface area contributed by atoms with Gasteiger partial charge in [0.15, 0.2) is 5.75 Å². The molecule has 0 radical (unpaired) electrons. The van der Waals surface area contributed by atoms with Crippen LogP contribution in [-0.2, 0) is 20.2 Å². The largest absolute Gasteiger partial charge is 0.505 e. The number of fused-ring (bicyclic) bond motifs is 2. The molecule has 0 aliphatic rings. The Kier molecular flexibility index (Phi) is 11.1. The van der Waals surface area contributed by atoms with Crippen molar-refractivity contribution in [2.75, 3.05) is 47.6 Å². The standard InChI is InChI=1S/C34H31N9O10S2/c44-13-11-35-32-39-33(36-12-14-45)41-34(40-32)38-23-5-1-19(2-6-23)31(47)37-24-8-10-27-22(16-24)18-28(55(51,52)53)29(30(27)46)43-42-25-7-3-21-17-26(54(48,49)50)9-4-20(21)15-25/h1-10,15-18,44-46H,11-14H2,(H,37,47)(H,48,49,50)(H,51,52,53)(H3,35,36,38,39,40,41)/b43-42+. The summed E-state index contributed by atoms with van der Waals surface area (Å²) in [6.45, 7) is 0.0918. The second kappa shape index (κ2) is 15.9. The van der Waals surface area contributed by atoms with Gasteiger partial charge in [-0.2, -0.15) is 36.9 Å². The molecule has 0 bridgehead atoms. The number of nitrogens with zero attached hydrogens (tertiary/aromatic N) is 5. The molecule has 9 N–H and O–H groups in total. The van der Waals surface area contributed by atoms with E-state index in [4.69, 9.17) is 10.2 Å². The Morgan fingerprint density at radius 2 is 1.27 bits per heavy atom. The second-order valence-corrected chi connectivity index (χ2v) is 14.4. The molecular weight excluding hydrogens is 759 g/mol. The van der Waals surface area contributed by atoms with Crippen molar-refractivity contribution in [3.8, 4) is 5.75 Å². The molecule has 0 fully saturated rings. The van der Waals surface area contributed by atoms with Crippen LogP contribution in [0.1, 0.15) is 10.4 Å². The summed E-state index contributed by atoms with van der Waals surface area (Å²) in [6.07, 6.45) is 0. The number of azo groups is 1. The Labute approximate surface area is 312 Å². The summed E-state index contributed by atoms with van der Waals surface area (Å²) in [5.41, 5.74) is 0.656. The number of phenols is 1. The quantitative estimate of drug-likeness (QED) is 0.0538. The fraction of sp³-hybridized carbons (Fsp3) is 0.118. The van der Waals surface area contributed by atoms with Crippen LogP contribution >= 0.6 is 0 Å². The van der Waals surface area contributed by atoms with Gasteiger partial charge in [-0.05, 0) is 89.0 Å². The van der Waals surface area contributed by atoms with Gasteiger partial charge >= 0.3 is 0 Å². The van der Waals surface area contributed by atoms with Gasteiger partial charge in [0.1, 0.15) is 10.6 Å². The second-order valence-electron chi connectivity index (χ2n) is 11.6. The number of anilines is 5. The number of aromatic nitrogens is 3. The summed E-state index contributed by atoms with van der Waals surface area (Å²) in [6, 6.07) is 20.0. The number of nitrogens with one attached hydrogen (secondary N) is 4. The van der Waals surface area contributed by atoms with E-state index in [0.29, 0.717) is 16.5 Å². The predicted octanol–water partition coefficient (Wildman–Crippen LogP) is 4.60. The number of aromatic hydroxyl groups is 1. The van der Waals surface area contributed by atoms with Crippen LogP contribution in [0.15, 0.2) is 105 Å². The molecule has 55 heavy (non-hydrogen) atoms. The number of benzene rings is 5. The molecule has 6 rings (SSSR count). The molecule has 0 spiro atoms. The van der Waals surface area contributed by atoms with E-state index in [1.807, 2.05) is 0 Å². The fourth-order valence-corrected chi connectivity index (χ4v) is 6.40. The summed E-state index contributed by atoms with van der Waals surface area (Å²) in [5.74, 6) is -0.625. The first-order valence-corrected chi connectivity index (χ1v) is 18.9. The lowest BCUT2D eigenvalue weighted by Gasteiger charge is -2.12. The van der Waals surface area contributed by atoms with Gasteiger partial charge < -0.3 is 36.6 Å². The molecule has 1 heterocycles. The first kappa shape index (κ1) is 38.4. The average Bonchev–Trinajstić information content (AvgIpc) is 3.15. The molecule has 0 saturated carbocycles. The van der Waals surface area contributed by atoms with Gasteiger partial charge in [0.05, 0.1) is 23.8 Å². The zero-order chi connectivity index (χ0) is 39.3. The van der Waals surface area contributed by atoms with Gasteiger partial charge in [0.2, 0.25) is 17.8 Å². The fourth-order valence-electron chi connectivity index (χ4n) is 5.23. The number of phenolic OH excluding ortho intramolecular Hbond substituents is 1. The number of amides is 1. The third kappa shape index (κ3) is 9.24. The number of hydrogen-bond donors (Lipinski definition) is 9. The number of hydrogen-bond acceptors (Lipinski definition) is 16. The number of carbonyl (C=O) groups excluding carboxylic acids is 1. The van der Waals surface area contributed by atoms with E-state index in [2.05, 4.69) is 46.4 Å². The zero-order valence-corrected chi connectivity index (χ0v) is 29.9. The number of aliphatic hydroxyl groups excluding tert-OH is 2. The Morgan fingerprint density at radius 1 is 0.655 bits per heavy atom. The average molecular weight is 790 g/mol. The highest BCUT2D eigenvalue weighted by molar-refractivity contribution is 7.86. The van der Waals surface area contributed by atoms with Crippen molar-refractivity contribution >= 4 is 88.3 Å². The number of carbonyl (C=O) groups is 1. The minimum Gasteiger partial charge on any atom is -0.505 e. The van der Waals surface area contributed by atoms with Crippen LogP contribution in [0.25, 0.3) is 21.5 Å². The van der Waals surface area contributed by atoms with Gasteiger partial charge in [-0.3, -0.25) is 13.9 Å². The molecule has 1 aromatic heterocycles. The summed E-state index contributed by atoms with van der Waals surface area (Å²) in [7, 11) is -9.37. The van der Waals surface area contributed by atoms with Crippen LogP contribution in [0, 0.1) is 0 Å². The summed E-state index contributed by atoms with van der Waals surface area (Å²) in [4.78, 5) is 24.7. The van der Waals surface area contributed by atoms with Crippen LogP contribution in [0.2, 0.25) is 0 Å². The summed E-state index contributed by atoms with van der Waals surface area (Å²) in [5, 5.41) is 49.9. The third-order valence-corrected chi connectivity index (χ3v) is 9.49. The summed E-state index contributed by atoms with van der Waals surface area (Å²) >= 11 is 0. The molecule has 0 atom stereocenters. The monoisotopic (exact) mass is 789 g/mol. The van der Waals surface area contributed by atoms with Crippen molar-refractivity contribution in [2.45, 2.75) is 9.79 Å². The molecule has 284 valence electrons. The van der Waals surface area contributed by atoms with E-state index in [9.17, 15) is 35.8 Å². The molecule has 19 nitrogen and oxygen atoms in total. The molecule has 6 aromatic rings. The smallest absolute Gasteiger partial charge is 0.296 e. The Balaban J connectivity index is 1.21. The SMILES string of the molecule is O=C(Nc1ccc2c(O)c(/N=N/c3ccc4cc(S(=O)(=O)O)ccc4c3)c(S(=O)(=O)O)cc2c1)c1ccc(Nc2nc(NCCO)nc(NCCO)n2)cc1. The molecule has 1 amide bonds. The minimum atomic E-state index is -4.95. The van der Waals surface area contributed by atoms with Crippen LogP contribution in [0.4, 0.5) is 40.6 Å². The molecule has 5 aromatic carbocycles. The lowest BCUT2D eigenvalue weighted by Crippen LogP contribution is -2.15. The van der Waals surface area contributed by atoms with Gasteiger partial charge in [-0.15, -0.1) is 5.11 Å². The van der Waals surface area contributed by atoms with E-state index in [0.717, 1.165) is 6.07 Å². The lowest BCUT2D eigenvalue weighted by atomic mass is 10.1. The van der Waals surface area contributed by atoms with Gasteiger partial charge in [-0.25, -0.2) is 0 Å². The van der Waals surface area contributed by atoms with Crippen LogP contribution in [0.5, 0.6) is 5.75 Å². The van der Waals surface area contributed by atoms with E-state index in [1.165, 1.54) is 66.7 Å². The van der Waals surface area contributed by atoms with E-state index >= 15 is 0 Å². The summed E-state index contributed by atoms with van der Waals surface area (Å²) < 4.78 is 67.1. The molecule has 0 saturated heterocycles. The maximum Gasteiger partial charge on any atom is 0.296 e. The first-order valence-electron chi connectivity index (χ1n) is 16.1. The highest BCUT2D eigenvalue weighted by atomic mass is 32.2. The highest BCUT2D eigenvalue weighted by Gasteiger charge is 2.23. The van der Waals surface area contributed by atoms with Crippen LogP contribution in [0.3, 0.4) is 0 Å². The first-order chi connectivity index (χ1) is 26.2. The van der Waals surface area contributed by atoms with Crippen molar-refractivity contribution < 1.29 is 46.1 Å². The Hall–Kier alpha value is -6.36. The predicted molar refractivity (Wildman–Crippen MR) is 202 cm³/mol. The van der Waals surface area contributed by atoms with Crippen LogP contribution in [-0.4, -0.2) is 88.4 Å². The van der Waals surface area contributed by atoms with Crippen molar-refractivity contribution in [3.63, 3.8) is 0 Å². The van der Waals surface area contributed by atoms with Crippen molar-refractivity contribution in [3.05, 3.63) is 90.5 Å². The number of rotatable bonds is 14.